The summed E-state index contributed by atoms with van der Waals surface area (Å²) in [6, 6.07) is 0. The van der Waals surface area contributed by atoms with Crippen molar-refractivity contribution in [3.63, 3.8) is 0 Å². The molecule has 72 valence electrons. The number of carbonyl (C=O) groups excluding carboxylic acids is 1. The summed E-state index contributed by atoms with van der Waals surface area (Å²) in [5.41, 5.74) is -1.47. The van der Waals surface area contributed by atoms with E-state index in [1.807, 2.05) is 6.92 Å². The van der Waals surface area contributed by atoms with Crippen molar-refractivity contribution in [3.8, 4) is 0 Å². The Balaban J connectivity index is 2.99. The van der Waals surface area contributed by atoms with E-state index in [9.17, 15) is 9.90 Å². The summed E-state index contributed by atoms with van der Waals surface area (Å²) in [5, 5.41) is 9.64. The first-order valence-corrected chi connectivity index (χ1v) is 4.32. The number of aldehydes is 1. The highest BCUT2D eigenvalue weighted by molar-refractivity contribution is 5.62. The third-order valence-electron chi connectivity index (χ3n) is 1.86. The maximum Gasteiger partial charge on any atom is 0.174 e. The van der Waals surface area contributed by atoms with Gasteiger partial charge in [-0.3, -0.25) is 4.79 Å². The van der Waals surface area contributed by atoms with Gasteiger partial charge in [-0.05, 0) is 13.3 Å². The predicted octanol–water partition coefficient (Wildman–Crippen LogP) is 0.700. The van der Waals surface area contributed by atoms with Gasteiger partial charge in [-0.15, -0.1) is 0 Å². The molecule has 0 bridgehead atoms. The summed E-state index contributed by atoms with van der Waals surface area (Å²) in [7, 11) is 0. The van der Waals surface area contributed by atoms with Crippen LogP contribution in [0.1, 0.15) is 26.1 Å². The molecule has 0 amide bonds. The van der Waals surface area contributed by atoms with Crippen molar-refractivity contribution < 1.29 is 9.90 Å². The Morgan fingerprint density at radius 1 is 1.77 bits per heavy atom. The van der Waals surface area contributed by atoms with Crippen LogP contribution in [0.3, 0.4) is 0 Å². The zero-order chi connectivity index (χ0) is 9.90. The fraction of sp³-hybridized carbons (Fsp3) is 0.556. The van der Waals surface area contributed by atoms with Crippen molar-refractivity contribution in [3.05, 3.63) is 18.2 Å². The fourth-order valence-corrected chi connectivity index (χ4v) is 1.22. The Labute approximate surface area is 77.2 Å². The molecular weight excluding hydrogens is 168 g/mol. The smallest absolute Gasteiger partial charge is 0.174 e. The Morgan fingerprint density at radius 2 is 2.46 bits per heavy atom. The lowest BCUT2D eigenvalue weighted by molar-refractivity contribution is -0.124. The Kier molecular flexibility index (Phi) is 2.83. The molecule has 0 aliphatic carbocycles. The van der Waals surface area contributed by atoms with E-state index in [-0.39, 0.29) is 0 Å². The number of aromatic nitrogens is 2. The van der Waals surface area contributed by atoms with Crippen LogP contribution in [-0.4, -0.2) is 20.9 Å². The monoisotopic (exact) mass is 182 g/mol. The fourth-order valence-electron chi connectivity index (χ4n) is 1.22. The Hall–Kier alpha value is -1.16. The van der Waals surface area contributed by atoms with Crippen molar-refractivity contribution in [1.29, 1.82) is 0 Å². The first-order chi connectivity index (χ1) is 6.11. The number of carbonyl (C=O) groups is 1. The van der Waals surface area contributed by atoms with Crippen LogP contribution in [-0.2, 0) is 16.9 Å². The van der Waals surface area contributed by atoms with E-state index in [2.05, 4.69) is 4.98 Å². The molecule has 0 saturated heterocycles. The minimum atomic E-state index is -1.47. The highest BCUT2D eigenvalue weighted by Crippen LogP contribution is 2.15. The van der Waals surface area contributed by atoms with Gasteiger partial charge in [-0.2, -0.15) is 0 Å². The number of hydrogen-bond acceptors (Lipinski definition) is 3. The third-order valence-corrected chi connectivity index (χ3v) is 1.86. The van der Waals surface area contributed by atoms with Gasteiger partial charge < -0.3 is 9.67 Å². The molecule has 0 spiro atoms. The molecule has 1 aromatic heterocycles. The standard InChI is InChI=1S/C9H14N2O2/c1-3-5-11-6-4-10-8(11)9(2,13)7-12/h4,6-7,13H,3,5H2,1-2H3. The van der Waals surface area contributed by atoms with Crippen LogP contribution in [0.2, 0.25) is 0 Å². The van der Waals surface area contributed by atoms with Gasteiger partial charge in [-0.1, -0.05) is 6.92 Å². The van der Waals surface area contributed by atoms with Gasteiger partial charge in [0.2, 0.25) is 0 Å². The molecule has 4 nitrogen and oxygen atoms in total. The van der Waals surface area contributed by atoms with E-state index in [0.29, 0.717) is 12.1 Å². The van der Waals surface area contributed by atoms with Gasteiger partial charge >= 0.3 is 0 Å². The predicted molar refractivity (Wildman–Crippen MR) is 48.2 cm³/mol. The van der Waals surface area contributed by atoms with E-state index < -0.39 is 5.60 Å². The molecule has 1 N–H and O–H groups in total. The van der Waals surface area contributed by atoms with Crippen LogP contribution in [0.25, 0.3) is 0 Å². The van der Waals surface area contributed by atoms with Crippen molar-refractivity contribution in [1.82, 2.24) is 9.55 Å². The molecule has 0 saturated carbocycles. The summed E-state index contributed by atoms with van der Waals surface area (Å²) in [6.07, 6.45) is 4.79. The molecule has 0 fully saturated rings. The van der Waals surface area contributed by atoms with Crippen LogP contribution in [0, 0.1) is 0 Å². The lowest BCUT2D eigenvalue weighted by Gasteiger charge is -2.16. The van der Waals surface area contributed by atoms with Crippen molar-refractivity contribution >= 4 is 6.29 Å². The molecule has 0 radical (unpaired) electrons. The minimum absolute atomic E-state index is 0.407. The molecule has 1 unspecified atom stereocenters. The van der Waals surface area contributed by atoms with Gasteiger partial charge in [0.15, 0.2) is 11.9 Å². The number of aryl methyl sites for hydroxylation is 1. The molecule has 13 heavy (non-hydrogen) atoms. The van der Waals surface area contributed by atoms with E-state index in [4.69, 9.17) is 0 Å². The quantitative estimate of drug-likeness (QED) is 0.697. The van der Waals surface area contributed by atoms with Crippen LogP contribution in [0.15, 0.2) is 12.4 Å². The topological polar surface area (TPSA) is 55.1 Å². The van der Waals surface area contributed by atoms with Gasteiger partial charge in [0, 0.05) is 18.9 Å². The van der Waals surface area contributed by atoms with Crippen LogP contribution in [0.4, 0.5) is 0 Å². The van der Waals surface area contributed by atoms with Crippen LogP contribution in [0.5, 0.6) is 0 Å². The summed E-state index contributed by atoms with van der Waals surface area (Å²) in [5.74, 6) is 0.407. The maximum absolute atomic E-state index is 10.6. The van der Waals surface area contributed by atoms with Crippen LogP contribution < -0.4 is 0 Å². The Morgan fingerprint density at radius 3 is 3.00 bits per heavy atom. The number of aliphatic hydroxyl groups is 1. The summed E-state index contributed by atoms with van der Waals surface area (Å²) in [4.78, 5) is 14.5. The first kappa shape index (κ1) is 9.92. The normalized spacial score (nSPS) is 15.3. The lowest BCUT2D eigenvalue weighted by atomic mass is 10.1. The number of imidazole rings is 1. The van der Waals surface area contributed by atoms with E-state index >= 15 is 0 Å². The molecule has 1 atom stereocenters. The van der Waals surface area contributed by atoms with Crippen molar-refractivity contribution in [2.45, 2.75) is 32.4 Å². The zero-order valence-corrected chi connectivity index (χ0v) is 7.90. The zero-order valence-electron chi connectivity index (χ0n) is 7.90. The second-order valence-electron chi connectivity index (χ2n) is 3.21. The summed E-state index contributed by atoms with van der Waals surface area (Å²) >= 11 is 0. The van der Waals surface area contributed by atoms with E-state index in [0.717, 1.165) is 13.0 Å². The first-order valence-electron chi connectivity index (χ1n) is 4.32. The average Bonchev–Trinajstić information content (AvgIpc) is 2.54. The summed E-state index contributed by atoms with van der Waals surface area (Å²) in [6.45, 7) is 4.23. The van der Waals surface area contributed by atoms with Gasteiger partial charge in [0.25, 0.3) is 0 Å². The van der Waals surface area contributed by atoms with Crippen molar-refractivity contribution in [2.75, 3.05) is 0 Å². The second kappa shape index (κ2) is 3.70. The van der Waals surface area contributed by atoms with Crippen molar-refractivity contribution in [2.24, 2.45) is 0 Å². The van der Waals surface area contributed by atoms with Gasteiger partial charge in [0.05, 0.1) is 0 Å². The van der Waals surface area contributed by atoms with Gasteiger partial charge in [-0.25, -0.2) is 4.98 Å². The highest BCUT2D eigenvalue weighted by Gasteiger charge is 2.26. The largest absolute Gasteiger partial charge is 0.375 e. The molecule has 0 aliphatic heterocycles. The number of nitrogens with zero attached hydrogens (tertiary/aromatic N) is 2. The third kappa shape index (κ3) is 1.95. The number of rotatable bonds is 4. The Bertz CT molecular complexity index is 292. The van der Waals surface area contributed by atoms with E-state index in [1.165, 1.54) is 6.92 Å². The molecule has 0 aromatic carbocycles. The average molecular weight is 182 g/mol. The molecule has 4 heteroatoms. The molecule has 1 aromatic rings. The van der Waals surface area contributed by atoms with Gasteiger partial charge in [0.1, 0.15) is 5.82 Å². The molecular formula is C9H14N2O2. The maximum atomic E-state index is 10.6. The second-order valence-corrected chi connectivity index (χ2v) is 3.21. The highest BCUT2D eigenvalue weighted by atomic mass is 16.3. The molecule has 1 heterocycles. The molecule has 1 rings (SSSR count). The lowest BCUT2D eigenvalue weighted by Crippen LogP contribution is -2.27. The van der Waals surface area contributed by atoms with Crippen LogP contribution >= 0.6 is 0 Å². The minimum Gasteiger partial charge on any atom is -0.375 e. The SMILES string of the molecule is CCCn1ccnc1C(C)(O)C=O. The van der Waals surface area contributed by atoms with E-state index in [1.54, 1.807) is 17.0 Å². The number of hydrogen-bond donors (Lipinski definition) is 1. The molecule has 0 aliphatic rings. The summed E-state index contributed by atoms with van der Waals surface area (Å²) < 4.78 is 1.79.